The van der Waals surface area contributed by atoms with Crippen LogP contribution in [0, 0.1) is 6.92 Å². The zero-order valence-corrected chi connectivity index (χ0v) is 12.8. The molecule has 5 heteroatoms. The van der Waals surface area contributed by atoms with Gasteiger partial charge in [0.15, 0.2) is 0 Å². The lowest BCUT2D eigenvalue weighted by atomic mass is 10.1. The van der Waals surface area contributed by atoms with Crippen LogP contribution in [-0.4, -0.2) is 16.1 Å². The van der Waals surface area contributed by atoms with Crippen molar-refractivity contribution in [3.8, 4) is 0 Å². The Morgan fingerprint density at radius 3 is 2.61 bits per heavy atom. The summed E-state index contributed by atoms with van der Waals surface area (Å²) < 4.78 is 5.43. The summed E-state index contributed by atoms with van der Waals surface area (Å²) in [7, 11) is 0. The highest BCUT2D eigenvalue weighted by Crippen LogP contribution is 2.09. The first kappa shape index (κ1) is 15.0. The predicted molar refractivity (Wildman–Crippen MR) is 85.9 cm³/mol. The fourth-order valence-corrected chi connectivity index (χ4v) is 2.27. The van der Waals surface area contributed by atoms with Gasteiger partial charge in [-0.25, -0.2) is 0 Å². The fourth-order valence-electron chi connectivity index (χ4n) is 2.27. The Labute approximate surface area is 134 Å². The highest BCUT2D eigenvalue weighted by molar-refractivity contribution is 5.89. The smallest absolute Gasteiger partial charge is 0.309 e. The van der Waals surface area contributed by atoms with Crippen LogP contribution in [0.15, 0.2) is 59.0 Å². The van der Waals surface area contributed by atoms with E-state index in [1.165, 1.54) is 0 Å². The Morgan fingerprint density at radius 2 is 1.83 bits per heavy atom. The SMILES string of the molecule is Cc1cccc(CNC(=O)c2nnc(Cc3ccccc3)o2)c1. The summed E-state index contributed by atoms with van der Waals surface area (Å²) in [6.45, 7) is 2.44. The second-order valence-electron chi connectivity index (χ2n) is 5.34. The molecular weight excluding hydrogens is 290 g/mol. The number of carbonyl (C=O) groups excluding carboxylic acids is 1. The van der Waals surface area contributed by atoms with Crippen LogP contribution in [0.3, 0.4) is 0 Å². The highest BCUT2D eigenvalue weighted by Gasteiger charge is 2.14. The number of amides is 1. The van der Waals surface area contributed by atoms with Gasteiger partial charge in [0, 0.05) is 6.54 Å². The molecule has 1 aromatic heterocycles. The Kier molecular flexibility index (Phi) is 4.47. The first-order valence-electron chi connectivity index (χ1n) is 7.41. The van der Waals surface area contributed by atoms with Crippen molar-refractivity contribution in [3.63, 3.8) is 0 Å². The van der Waals surface area contributed by atoms with Crippen molar-refractivity contribution in [2.75, 3.05) is 0 Å². The quantitative estimate of drug-likeness (QED) is 0.787. The normalized spacial score (nSPS) is 10.5. The molecule has 0 fully saturated rings. The van der Waals surface area contributed by atoms with Crippen LogP contribution in [0.1, 0.15) is 33.3 Å². The molecule has 3 rings (SSSR count). The molecule has 0 aliphatic rings. The van der Waals surface area contributed by atoms with Gasteiger partial charge in [-0.3, -0.25) is 4.79 Å². The van der Waals surface area contributed by atoms with Crippen molar-refractivity contribution >= 4 is 5.91 Å². The summed E-state index contributed by atoms with van der Waals surface area (Å²) in [5, 5.41) is 10.5. The topological polar surface area (TPSA) is 68.0 Å². The minimum atomic E-state index is -0.363. The van der Waals surface area contributed by atoms with Gasteiger partial charge >= 0.3 is 11.8 Å². The summed E-state index contributed by atoms with van der Waals surface area (Å²) in [5.74, 6) is 0.0545. The fraction of sp³-hybridized carbons (Fsp3) is 0.167. The lowest BCUT2D eigenvalue weighted by Gasteiger charge is -2.03. The van der Waals surface area contributed by atoms with E-state index in [1.54, 1.807) is 0 Å². The van der Waals surface area contributed by atoms with Gasteiger partial charge in [0.2, 0.25) is 5.89 Å². The van der Waals surface area contributed by atoms with Crippen LogP contribution in [0.25, 0.3) is 0 Å². The predicted octanol–water partition coefficient (Wildman–Crippen LogP) is 2.90. The third kappa shape index (κ3) is 4.03. The summed E-state index contributed by atoms with van der Waals surface area (Å²) in [4.78, 5) is 12.1. The average Bonchev–Trinajstić information content (AvgIpc) is 3.02. The van der Waals surface area contributed by atoms with Crippen molar-refractivity contribution in [2.24, 2.45) is 0 Å². The van der Waals surface area contributed by atoms with Crippen LogP contribution in [-0.2, 0) is 13.0 Å². The lowest BCUT2D eigenvalue weighted by Crippen LogP contribution is -2.23. The molecule has 0 saturated heterocycles. The Hall–Kier alpha value is -2.95. The Balaban J connectivity index is 1.60. The van der Waals surface area contributed by atoms with Crippen LogP contribution in [0.4, 0.5) is 0 Å². The molecule has 116 valence electrons. The second-order valence-corrected chi connectivity index (χ2v) is 5.34. The number of rotatable bonds is 5. The lowest BCUT2D eigenvalue weighted by molar-refractivity contribution is 0.0914. The number of aromatic nitrogens is 2. The molecule has 0 unspecified atom stereocenters. The van der Waals surface area contributed by atoms with Crippen LogP contribution >= 0.6 is 0 Å². The van der Waals surface area contributed by atoms with Gasteiger partial charge < -0.3 is 9.73 Å². The number of nitrogens with zero attached hydrogens (tertiary/aromatic N) is 2. The summed E-state index contributed by atoms with van der Waals surface area (Å²) in [5.41, 5.74) is 3.24. The zero-order valence-electron chi connectivity index (χ0n) is 12.8. The standard InChI is InChI=1S/C18H17N3O2/c1-13-6-5-9-15(10-13)12-19-17(22)18-21-20-16(23-18)11-14-7-3-2-4-8-14/h2-10H,11-12H2,1H3,(H,19,22). The van der Waals surface area contributed by atoms with Gasteiger partial charge in [-0.05, 0) is 18.1 Å². The van der Waals surface area contributed by atoms with E-state index < -0.39 is 0 Å². The zero-order chi connectivity index (χ0) is 16.1. The molecule has 0 aliphatic heterocycles. The summed E-state index contributed by atoms with van der Waals surface area (Å²) >= 11 is 0. The Bertz CT molecular complexity index is 797. The van der Waals surface area contributed by atoms with E-state index in [4.69, 9.17) is 4.42 Å². The van der Waals surface area contributed by atoms with Gasteiger partial charge in [0.1, 0.15) is 0 Å². The van der Waals surface area contributed by atoms with Crippen molar-refractivity contribution in [3.05, 3.63) is 83.1 Å². The minimum absolute atomic E-state index is 0.0106. The van der Waals surface area contributed by atoms with Crippen molar-refractivity contribution < 1.29 is 9.21 Å². The molecule has 2 aromatic carbocycles. The first-order chi connectivity index (χ1) is 11.2. The molecule has 0 atom stereocenters. The van der Waals surface area contributed by atoms with Crippen molar-refractivity contribution in [1.82, 2.24) is 15.5 Å². The molecule has 0 radical (unpaired) electrons. The third-order valence-corrected chi connectivity index (χ3v) is 3.39. The van der Waals surface area contributed by atoms with E-state index >= 15 is 0 Å². The van der Waals surface area contributed by atoms with E-state index in [9.17, 15) is 4.79 Å². The van der Waals surface area contributed by atoms with Crippen LogP contribution < -0.4 is 5.32 Å². The number of benzene rings is 2. The maximum absolute atomic E-state index is 12.1. The second kappa shape index (κ2) is 6.87. The molecule has 1 heterocycles. The van der Waals surface area contributed by atoms with E-state index in [0.717, 1.165) is 16.7 Å². The molecule has 1 N–H and O–H groups in total. The van der Waals surface area contributed by atoms with E-state index in [-0.39, 0.29) is 11.8 Å². The van der Waals surface area contributed by atoms with E-state index in [1.807, 2.05) is 61.5 Å². The summed E-state index contributed by atoms with van der Waals surface area (Å²) in [6, 6.07) is 17.7. The maximum Gasteiger partial charge on any atom is 0.309 e. The number of nitrogens with one attached hydrogen (secondary N) is 1. The van der Waals surface area contributed by atoms with Gasteiger partial charge in [0.05, 0.1) is 6.42 Å². The molecule has 0 spiro atoms. The molecule has 5 nitrogen and oxygen atoms in total. The molecule has 0 bridgehead atoms. The van der Waals surface area contributed by atoms with Gasteiger partial charge in [-0.1, -0.05) is 60.2 Å². The Morgan fingerprint density at radius 1 is 1.04 bits per heavy atom. The number of hydrogen-bond acceptors (Lipinski definition) is 4. The molecule has 3 aromatic rings. The number of carbonyl (C=O) groups is 1. The van der Waals surface area contributed by atoms with Gasteiger partial charge in [-0.15, -0.1) is 10.2 Å². The van der Waals surface area contributed by atoms with E-state index in [2.05, 4.69) is 15.5 Å². The highest BCUT2D eigenvalue weighted by atomic mass is 16.4. The molecule has 23 heavy (non-hydrogen) atoms. The van der Waals surface area contributed by atoms with Crippen molar-refractivity contribution in [2.45, 2.75) is 19.9 Å². The van der Waals surface area contributed by atoms with Gasteiger partial charge in [-0.2, -0.15) is 0 Å². The van der Waals surface area contributed by atoms with Crippen LogP contribution in [0.2, 0.25) is 0 Å². The first-order valence-corrected chi connectivity index (χ1v) is 7.41. The third-order valence-electron chi connectivity index (χ3n) is 3.39. The van der Waals surface area contributed by atoms with Crippen LogP contribution in [0.5, 0.6) is 0 Å². The van der Waals surface area contributed by atoms with Gasteiger partial charge in [0.25, 0.3) is 0 Å². The molecule has 0 saturated carbocycles. The average molecular weight is 307 g/mol. The van der Waals surface area contributed by atoms with E-state index in [0.29, 0.717) is 18.9 Å². The summed E-state index contributed by atoms with van der Waals surface area (Å²) in [6.07, 6.45) is 0.513. The molecular formula is C18H17N3O2. The van der Waals surface area contributed by atoms with Crippen molar-refractivity contribution in [1.29, 1.82) is 0 Å². The molecule has 0 aliphatic carbocycles. The maximum atomic E-state index is 12.1. The number of aryl methyl sites for hydroxylation is 1. The number of hydrogen-bond donors (Lipinski definition) is 1. The molecule has 1 amide bonds. The largest absolute Gasteiger partial charge is 0.417 e. The minimum Gasteiger partial charge on any atom is -0.417 e. The monoisotopic (exact) mass is 307 g/mol.